The van der Waals surface area contributed by atoms with E-state index in [0.29, 0.717) is 0 Å². The molecule has 5 heteroatoms. The van der Waals surface area contributed by atoms with Crippen LogP contribution in [0.2, 0.25) is 0 Å². The lowest BCUT2D eigenvalue weighted by Crippen LogP contribution is -2.00. The highest BCUT2D eigenvalue weighted by Crippen LogP contribution is 2.18. The van der Waals surface area contributed by atoms with Crippen LogP contribution in [0.3, 0.4) is 0 Å². The summed E-state index contributed by atoms with van der Waals surface area (Å²) in [4.78, 5) is 19.1. The Kier molecular flexibility index (Phi) is 3.23. The fourth-order valence-electron chi connectivity index (χ4n) is 1.56. The molecule has 0 atom stereocenters. The fraction of sp³-hybridized carbons (Fsp3) is 0.154. The third-order valence-corrected chi connectivity index (χ3v) is 2.51. The van der Waals surface area contributed by atoms with E-state index in [-0.39, 0.29) is 5.56 Å². The number of carboxylic acids is 1. The Morgan fingerprint density at radius 3 is 2.44 bits per heavy atom. The molecule has 0 saturated heterocycles. The van der Waals surface area contributed by atoms with Crippen molar-refractivity contribution in [3.05, 3.63) is 47.5 Å². The van der Waals surface area contributed by atoms with Crippen molar-refractivity contribution in [2.75, 3.05) is 5.32 Å². The quantitative estimate of drug-likeness (QED) is 0.866. The molecule has 0 aliphatic carbocycles. The van der Waals surface area contributed by atoms with Gasteiger partial charge in [-0.25, -0.2) is 14.8 Å². The van der Waals surface area contributed by atoms with E-state index in [4.69, 9.17) is 5.11 Å². The van der Waals surface area contributed by atoms with Gasteiger partial charge in [-0.1, -0.05) is 0 Å². The van der Waals surface area contributed by atoms with Crippen molar-refractivity contribution in [2.24, 2.45) is 0 Å². The largest absolute Gasteiger partial charge is 0.478 e. The molecule has 0 bridgehead atoms. The zero-order valence-corrected chi connectivity index (χ0v) is 10.1. The second-order valence-corrected chi connectivity index (χ2v) is 3.92. The number of hydrogen-bond donors (Lipinski definition) is 2. The van der Waals surface area contributed by atoms with Crippen LogP contribution in [0.4, 0.5) is 11.4 Å². The first-order valence-electron chi connectivity index (χ1n) is 5.47. The monoisotopic (exact) mass is 243 g/mol. The third kappa shape index (κ3) is 2.63. The lowest BCUT2D eigenvalue weighted by molar-refractivity contribution is 0.0697. The van der Waals surface area contributed by atoms with Crippen molar-refractivity contribution >= 4 is 17.3 Å². The maximum atomic E-state index is 10.7. The second-order valence-electron chi connectivity index (χ2n) is 3.92. The number of aryl methyl sites for hydroxylation is 2. The highest BCUT2D eigenvalue weighted by Gasteiger charge is 2.04. The molecule has 2 aromatic rings. The van der Waals surface area contributed by atoms with Crippen LogP contribution in [0.15, 0.2) is 30.5 Å². The summed E-state index contributed by atoms with van der Waals surface area (Å²) in [6.45, 7) is 3.72. The van der Waals surface area contributed by atoms with Gasteiger partial charge in [-0.15, -0.1) is 0 Å². The van der Waals surface area contributed by atoms with Gasteiger partial charge in [-0.3, -0.25) is 0 Å². The lowest BCUT2D eigenvalue weighted by Gasteiger charge is -2.09. The van der Waals surface area contributed by atoms with Crippen LogP contribution in [0.5, 0.6) is 0 Å². The number of aromatic nitrogens is 2. The highest BCUT2D eigenvalue weighted by atomic mass is 16.4. The van der Waals surface area contributed by atoms with Crippen LogP contribution in [0.25, 0.3) is 0 Å². The first kappa shape index (κ1) is 12.0. The molecule has 2 N–H and O–H groups in total. The maximum absolute atomic E-state index is 10.7. The molecule has 0 aliphatic heterocycles. The molecular formula is C13H13N3O2. The number of carbonyl (C=O) groups is 1. The molecule has 92 valence electrons. The summed E-state index contributed by atoms with van der Waals surface area (Å²) in [7, 11) is 0. The maximum Gasteiger partial charge on any atom is 0.335 e. The predicted molar refractivity (Wildman–Crippen MR) is 68.2 cm³/mol. The number of rotatable bonds is 3. The lowest BCUT2D eigenvalue weighted by atomic mass is 10.2. The standard InChI is InChI=1S/C13H13N3O2/c1-8-12(7-14-9(2)15-8)16-11-5-3-10(4-6-11)13(17)18/h3-7,16H,1-2H3,(H,17,18). The van der Waals surface area contributed by atoms with Gasteiger partial charge in [0, 0.05) is 5.69 Å². The zero-order valence-electron chi connectivity index (χ0n) is 10.1. The van der Waals surface area contributed by atoms with Crippen molar-refractivity contribution in [3.8, 4) is 0 Å². The first-order valence-corrected chi connectivity index (χ1v) is 5.47. The van der Waals surface area contributed by atoms with E-state index in [9.17, 15) is 4.79 Å². The van der Waals surface area contributed by atoms with E-state index < -0.39 is 5.97 Å². The Labute approximate surface area is 105 Å². The van der Waals surface area contributed by atoms with E-state index in [1.54, 1.807) is 30.5 Å². The van der Waals surface area contributed by atoms with E-state index in [0.717, 1.165) is 22.9 Å². The molecule has 0 unspecified atom stereocenters. The molecule has 1 aromatic heterocycles. The van der Waals surface area contributed by atoms with Crippen molar-refractivity contribution in [2.45, 2.75) is 13.8 Å². The summed E-state index contributed by atoms with van der Waals surface area (Å²) < 4.78 is 0. The van der Waals surface area contributed by atoms with E-state index in [1.165, 1.54) is 0 Å². The van der Waals surface area contributed by atoms with Gasteiger partial charge in [0.25, 0.3) is 0 Å². The molecule has 0 aliphatic rings. The van der Waals surface area contributed by atoms with Gasteiger partial charge in [0.2, 0.25) is 0 Å². The Balaban J connectivity index is 2.21. The van der Waals surface area contributed by atoms with Crippen LogP contribution in [-0.2, 0) is 0 Å². The van der Waals surface area contributed by atoms with Crippen LogP contribution >= 0.6 is 0 Å². The van der Waals surface area contributed by atoms with Gasteiger partial charge in [0.1, 0.15) is 5.82 Å². The van der Waals surface area contributed by atoms with Crippen molar-refractivity contribution < 1.29 is 9.90 Å². The minimum absolute atomic E-state index is 0.262. The number of nitrogens with zero attached hydrogens (tertiary/aromatic N) is 2. The van der Waals surface area contributed by atoms with Gasteiger partial charge in [0.15, 0.2) is 0 Å². The Hall–Kier alpha value is -2.43. The van der Waals surface area contributed by atoms with Crippen molar-refractivity contribution in [1.82, 2.24) is 9.97 Å². The second kappa shape index (κ2) is 4.83. The van der Waals surface area contributed by atoms with Crippen molar-refractivity contribution in [3.63, 3.8) is 0 Å². The Morgan fingerprint density at radius 2 is 1.89 bits per heavy atom. The molecule has 5 nitrogen and oxygen atoms in total. The third-order valence-electron chi connectivity index (χ3n) is 2.51. The Morgan fingerprint density at radius 1 is 1.22 bits per heavy atom. The van der Waals surface area contributed by atoms with Gasteiger partial charge in [0.05, 0.1) is 23.1 Å². The fourth-order valence-corrected chi connectivity index (χ4v) is 1.56. The number of aromatic carboxylic acids is 1. The number of nitrogens with one attached hydrogen (secondary N) is 1. The number of carboxylic acid groups (broad SMARTS) is 1. The predicted octanol–water partition coefficient (Wildman–Crippen LogP) is 2.54. The van der Waals surface area contributed by atoms with E-state index in [2.05, 4.69) is 15.3 Å². The summed E-state index contributed by atoms with van der Waals surface area (Å²) in [5.41, 5.74) is 2.72. The van der Waals surface area contributed by atoms with E-state index in [1.807, 2.05) is 13.8 Å². The molecule has 0 radical (unpaired) electrons. The number of anilines is 2. The van der Waals surface area contributed by atoms with Gasteiger partial charge < -0.3 is 10.4 Å². The van der Waals surface area contributed by atoms with Crippen LogP contribution in [0, 0.1) is 13.8 Å². The van der Waals surface area contributed by atoms with Crippen molar-refractivity contribution in [1.29, 1.82) is 0 Å². The molecule has 2 rings (SSSR count). The van der Waals surface area contributed by atoms with Crippen LogP contribution in [-0.4, -0.2) is 21.0 Å². The molecule has 0 fully saturated rings. The molecule has 0 spiro atoms. The van der Waals surface area contributed by atoms with Gasteiger partial charge in [-0.05, 0) is 38.1 Å². The number of hydrogen-bond acceptors (Lipinski definition) is 4. The highest BCUT2D eigenvalue weighted by molar-refractivity contribution is 5.88. The smallest absolute Gasteiger partial charge is 0.335 e. The average molecular weight is 243 g/mol. The molecular weight excluding hydrogens is 230 g/mol. The summed E-state index contributed by atoms with van der Waals surface area (Å²) in [6, 6.07) is 6.52. The van der Waals surface area contributed by atoms with Gasteiger partial charge >= 0.3 is 5.97 Å². The van der Waals surface area contributed by atoms with Crippen LogP contribution < -0.4 is 5.32 Å². The SMILES string of the molecule is Cc1ncc(Nc2ccc(C(=O)O)cc2)c(C)n1. The minimum atomic E-state index is -0.934. The summed E-state index contributed by atoms with van der Waals surface area (Å²) >= 11 is 0. The summed E-state index contributed by atoms with van der Waals surface area (Å²) in [6.07, 6.45) is 1.71. The Bertz CT molecular complexity index is 579. The molecule has 0 amide bonds. The van der Waals surface area contributed by atoms with Gasteiger partial charge in [-0.2, -0.15) is 0 Å². The average Bonchev–Trinajstić information content (AvgIpc) is 2.33. The first-order chi connectivity index (χ1) is 8.56. The molecule has 18 heavy (non-hydrogen) atoms. The summed E-state index contributed by atoms with van der Waals surface area (Å²) in [5.74, 6) is -0.212. The molecule has 1 aromatic carbocycles. The number of benzene rings is 1. The minimum Gasteiger partial charge on any atom is -0.478 e. The zero-order chi connectivity index (χ0) is 13.1. The van der Waals surface area contributed by atoms with E-state index >= 15 is 0 Å². The summed E-state index contributed by atoms with van der Waals surface area (Å²) in [5, 5.41) is 11.9. The topological polar surface area (TPSA) is 75.1 Å². The normalized spacial score (nSPS) is 10.1. The van der Waals surface area contributed by atoms with Crippen LogP contribution in [0.1, 0.15) is 21.9 Å². The molecule has 0 saturated carbocycles. The molecule has 1 heterocycles.